The zero-order valence-electron chi connectivity index (χ0n) is 13.1. The van der Waals surface area contributed by atoms with Gasteiger partial charge in [-0.15, -0.1) is 0 Å². The van der Waals surface area contributed by atoms with Gasteiger partial charge in [-0.05, 0) is 49.4 Å². The molecule has 0 spiro atoms. The topological polar surface area (TPSA) is 0 Å². The van der Waals surface area contributed by atoms with E-state index in [9.17, 15) is 0 Å². The minimum atomic E-state index is 0.501. The maximum Gasteiger partial charge on any atom is -0.0351 e. The van der Waals surface area contributed by atoms with Crippen LogP contribution in [0.5, 0.6) is 0 Å². The fourth-order valence-corrected chi connectivity index (χ4v) is 1.90. The first-order valence-electron chi connectivity index (χ1n) is 7.36. The van der Waals surface area contributed by atoms with Crippen LogP contribution in [-0.2, 0) is 0 Å². The summed E-state index contributed by atoms with van der Waals surface area (Å²) in [5.74, 6) is 0. The molecule has 17 heavy (non-hydrogen) atoms. The van der Waals surface area contributed by atoms with Crippen LogP contribution >= 0.6 is 0 Å². The van der Waals surface area contributed by atoms with Crippen LogP contribution in [0.25, 0.3) is 0 Å². The summed E-state index contributed by atoms with van der Waals surface area (Å²) in [5, 5.41) is 0. The van der Waals surface area contributed by atoms with Gasteiger partial charge in [0.15, 0.2) is 0 Å². The van der Waals surface area contributed by atoms with Gasteiger partial charge in [-0.2, -0.15) is 0 Å². The fraction of sp³-hybridized carbons (Fsp3) is 0.882. The van der Waals surface area contributed by atoms with Crippen LogP contribution in [0, 0.1) is 10.8 Å². The van der Waals surface area contributed by atoms with Crippen molar-refractivity contribution < 1.29 is 0 Å². The lowest BCUT2D eigenvalue weighted by Crippen LogP contribution is -2.03. The Labute approximate surface area is 110 Å². The third-order valence-electron chi connectivity index (χ3n) is 3.01. The second kappa shape index (κ2) is 7.95. The van der Waals surface area contributed by atoms with E-state index in [-0.39, 0.29) is 0 Å². The summed E-state index contributed by atoms with van der Waals surface area (Å²) in [6.45, 7) is 14.0. The number of hydrogen-bond acceptors (Lipinski definition) is 0. The van der Waals surface area contributed by atoms with E-state index >= 15 is 0 Å². The van der Waals surface area contributed by atoms with Gasteiger partial charge in [0.05, 0.1) is 0 Å². The second-order valence-corrected chi connectivity index (χ2v) is 7.73. The Morgan fingerprint density at radius 3 is 1.47 bits per heavy atom. The van der Waals surface area contributed by atoms with E-state index in [2.05, 4.69) is 53.7 Å². The third-order valence-corrected chi connectivity index (χ3v) is 3.01. The first-order chi connectivity index (χ1) is 7.71. The van der Waals surface area contributed by atoms with E-state index in [4.69, 9.17) is 0 Å². The average molecular weight is 238 g/mol. The second-order valence-electron chi connectivity index (χ2n) is 7.73. The lowest BCUT2D eigenvalue weighted by molar-refractivity contribution is 0.361. The summed E-state index contributed by atoms with van der Waals surface area (Å²) >= 11 is 0. The lowest BCUT2D eigenvalue weighted by atomic mass is 9.89. The van der Waals surface area contributed by atoms with Gasteiger partial charge in [0.1, 0.15) is 0 Å². The molecule has 0 atom stereocenters. The first kappa shape index (κ1) is 16.7. The van der Waals surface area contributed by atoms with E-state index in [1.807, 2.05) is 0 Å². The van der Waals surface area contributed by atoms with Crippen LogP contribution < -0.4 is 0 Å². The summed E-state index contributed by atoms with van der Waals surface area (Å²) in [4.78, 5) is 0. The molecule has 0 heteroatoms. The highest BCUT2D eigenvalue weighted by atomic mass is 14.1. The van der Waals surface area contributed by atoms with Gasteiger partial charge in [-0.25, -0.2) is 0 Å². The quantitative estimate of drug-likeness (QED) is 0.357. The number of hydrogen-bond donors (Lipinski definition) is 0. The summed E-state index contributed by atoms with van der Waals surface area (Å²) in [6.07, 6.45) is 14.0. The highest BCUT2D eigenvalue weighted by Crippen LogP contribution is 2.23. The molecule has 0 N–H and O–H groups in total. The molecule has 0 saturated carbocycles. The molecule has 0 rings (SSSR count). The molecule has 0 aromatic rings. The Kier molecular flexibility index (Phi) is 7.83. The molecule has 0 bridgehead atoms. The summed E-state index contributed by atoms with van der Waals surface area (Å²) in [7, 11) is 0. The van der Waals surface area contributed by atoms with Crippen molar-refractivity contribution >= 4 is 0 Å². The molecule has 0 aliphatic heterocycles. The minimum Gasteiger partial charge on any atom is -0.0885 e. The van der Waals surface area contributed by atoms with Crippen LogP contribution in [0.1, 0.15) is 86.5 Å². The average Bonchev–Trinajstić information content (AvgIpc) is 2.11. The molecule has 0 aromatic heterocycles. The van der Waals surface area contributed by atoms with E-state index in [1.165, 1.54) is 44.9 Å². The molecule has 0 aromatic carbocycles. The molecular weight excluding hydrogens is 204 g/mol. The summed E-state index contributed by atoms with van der Waals surface area (Å²) < 4.78 is 0. The van der Waals surface area contributed by atoms with E-state index in [0.717, 1.165) is 0 Å². The Balaban J connectivity index is 3.32. The van der Waals surface area contributed by atoms with Gasteiger partial charge in [0.2, 0.25) is 0 Å². The van der Waals surface area contributed by atoms with Gasteiger partial charge >= 0.3 is 0 Å². The molecule has 0 unspecified atom stereocenters. The predicted octanol–water partition coefficient (Wildman–Crippen LogP) is 6.37. The summed E-state index contributed by atoms with van der Waals surface area (Å²) in [6, 6.07) is 0. The molecule has 0 radical (unpaired) electrons. The van der Waals surface area contributed by atoms with Crippen LogP contribution in [0.2, 0.25) is 0 Å². The van der Waals surface area contributed by atoms with Gasteiger partial charge in [0.25, 0.3) is 0 Å². The standard InChI is InChI=1S/C17H34/c1-16(2,3)14-12-10-8-7-9-11-13-15-17(4,5)6/h7-8H,9-15H2,1-6H3/b8-7+. The molecule has 0 nitrogen and oxygen atoms in total. The van der Waals surface area contributed by atoms with Crippen molar-refractivity contribution in [2.24, 2.45) is 10.8 Å². The lowest BCUT2D eigenvalue weighted by Gasteiger charge is -2.17. The van der Waals surface area contributed by atoms with Gasteiger partial charge in [-0.3, -0.25) is 0 Å². The maximum absolute atomic E-state index is 2.38. The van der Waals surface area contributed by atoms with Crippen molar-refractivity contribution in [2.45, 2.75) is 86.5 Å². The van der Waals surface area contributed by atoms with Crippen molar-refractivity contribution in [3.05, 3.63) is 12.2 Å². The monoisotopic (exact) mass is 238 g/mol. The van der Waals surface area contributed by atoms with Crippen LogP contribution in [0.4, 0.5) is 0 Å². The zero-order chi connectivity index (χ0) is 13.4. The van der Waals surface area contributed by atoms with Crippen LogP contribution in [-0.4, -0.2) is 0 Å². The molecule has 0 amide bonds. The molecule has 0 heterocycles. The number of unbranched alkanes of at least 4 members (excludes halogenated alkanes) is 3. The normalized spacial score (nSPS) is 13.5. The highest BCUT2D eigenvalue weighted by molar-refractivity contribution is 4.82. The minimum absolute atomic E-state index is 0.501. The maximum atomic E-state index is 2.38. The SMILES string of the molecule is CC(C)(C)CCC/C=C/CCCCC(C)(C)C. The third kappa shape index (κ3) is 15.7. The number of allylic oxidation sites excluding steroid dienone is 2. The van der Waals surface area contributed by atoms with E-state index in [0.29, 0.717) is 10.8 Å². The Morgan fingerprint density at radius 1 is 0.588 bits per heavy atom. The highest BCUT2D eigenvalue weighted by Gasteiger charge is 2.08. The molecule has 0 aliphatic carbocycles. The molecule has 0 saturated heterocycles. The smallest absolute Gasteiger partial charge is 0.0351 e. The zero-order valence-corrected chi connectivity index (χ0v) is 13.1. The first-order valence-corrected chi connectivity index (χ1v) is 7.36. The van der Waals surface area contributed by atoms with Crippen molar-refractivity contribution in [3.8, 4) is 0 Å². The fourth-order valence-electron chi connectivity index (χ4n) is 1.90. The van der Waals surface area contributed by atoms with Gasteiger partial charge in [0, 0.05) is 0 Å². The molecule has 0 aliphatic rings. The molecule has 0 fully saturated rings. The Bertz CT molecular complexity index is 197. The van der Waals surface area contributed by atoms with E-state index < -0.39 is 0 Å². The largest absolute Gasteiger partial charge is 0.0885 e. The number of rotatable bonds is 7. The van der Waals surface area contributed by atoms with Crippen molar-refractivity contribution in [2.75, 3.05) is 0 Å². The Morgan fingerprint density at radius 2 is 1.00 bits per heavy atom. The van der Waals surface area contributed by atoms with Crippen LogP contribution in [0.15, 0.2) is 12.2 Å². The van der Waals surface area contributed by atoms with Crippen molar-refractivity contribution in [1.29, 1.82) is 0 Å². The van der Waals surface area contributed by atoms with Crippen LogP contribution in [0.3, 0.4) is 0 Å². The van der Waals surface area contributed by atoms with Crippen molar-refractivity contribution in [3.63, 3.8) is 0 Å². The van der Waals surface area contributed by atoms with Gasteiger partial charge in [-0.1, -0.05) is 60.1 Å². The van der Waals surface area contributed by atoms with E-state index in [1.54, 1.807) is 0 Å². The Hall–Kier alpha value is -0.260. The van der Waals surface area contributed by atoms with Gasteiger partial charge < -0.3 is 0 Å². The summed E-state index contributed by atoms with van der Waals surface area (Å²) in [5.41, 5.74) is 1.01. The molecular formula is C17H34. The predicted molar refractivity (Wildman–Crippen MR) is 80.4 cm³/mol. The van der Waals surface area contributed by atoms with Crippen molar-refractivity contribution in [1.82, 2.24) is 0 Å². The molecule has 102 valence electrons.